The summed E-state index contributed by atoms with van der Waals surface area (Å²) in [5.41, 5.74) is 3.97. The highest BCUT2D eigenvalue weighted by Crippen LogP contribution is 2.39. The van der Waals surface area contributed by atoms with Crippen LogP contribution >= 0.6 is 0 Å². The Morgan fingerprint density at radius 3 is 1.86 bits per heavy atom. The van der Waals surface area contributed by atoms with Crippen molar-refractivity contribution >= 4 is 23.7 Å². The van der Waals surface area contributed by atoms with Crippen molar-refractivity contribution < 1.29 is 42.7 Å². The number of carbonyl (C=O) groups excluding carboxylic acids is 1. The smallest absolute Gasteiger partial charge is 0.255 e. The first-order chi connectivity index (χ1) is 24.4. The Labute approximate surface area is 293 Å². The molecule has 0 saturated heterocycles. The van der Waals surface area contributed by atoms with Crippen molar-refractivity contribution in [2.75, 3.05) is 61.2 Å². The van der Waals surface area contributed by atoms with E-state index in [2.05, 4.69) is 10.6 Å². The number of fused-ring (bicyclic) bond motifs is 1. The summed E-state index contributed by atoms with van der Waals surface area (Å²) in [6.45, 7) is 1.05. The Hall–Kier alpha value is -5.71. The van der Waals surface area contributed by atoms with Gasteiger partial charge in [0.25, 0.3) is 5.91 Å². The maximum absolute atomic E-state index is 12.8. The number of carbonyl (C=O) groups is 1. The first-order valence-electron chi connectivity index (χ1n) is 16.3. The number of unbranched alkanes of at least 4 members (excludes halogenated alkanes) is 2. The van der Waals surface area contributed by atoms with Crippen LogP contribution in [0.4, 0.5) is 5.69 Å². The minimum Gasteiger partial charge on any atom is -0.497 e. The van der Waals surface area contributed by atoms with Crippen molar-refractivity contribution in [2.24, 2.45) is 0 Å². The lowest BCUT2D eigenvalue weighted by molar-refractivity contribution is 0.0935. The predicted octanol–water partition coefficient (Wildman–Crippen LogP) is 7.39. The standard InChI is InChI=1S/C39H44N2O9/c1-43-28-14-15-30-29(24-28)39(42)41-38(40-30)27-13-17-32(33(23-27)45-3)49-18-8-7-9-19-50-34-20-25(12-16-31(34)44-2)10-11-26-21-35(46-4)37(48-6)36(22-26)47-5/h10-17,20-24,38,40H,7-9,18-19H2,1-6H3,(H,41,42). The zero-order chi connectivity index (χ0) is 35.5. The number of ether oxygens (including phenoxy) is 8. The monoisotopic (exact) mass is 684 g/mol. The quantitative estimate of drug-likeness (QED) is 0.0862. The van der Waals surface area contributed by atoms with Crippen molar-refractivity contribution in [1.82, 2.24) is 5.32 Å². The van der Waals surface area contributed by atoms with Crippen LogP contribution in [0, 0.1) is 0 Å². The molecule has 0 spiro atoms. The third-order valence-corrected chi connectivity index (χ3v) is 8.21. The van der Waals surface area contributed by atoms with Gasteiger partial charge in [0.2, 0.25) is 5.75 Å². The lowest BCUT2D eigenvalue weighted by Crippen LogP contribution is -2.38. The third-order valence-electron chi connectivity index (χ3n) is 8.21. The topological polar surface area (TPSA) is 115 Å². The van der Waals surface area contributed by atoms with Gasteiger partial charge in [0.1, 0.15) is 11.9 Å². The summed E-state index contributed by atoms with van der Waals surface area (Å²) in [7, 11) is 9.57. The van der Waals surface area contributed by atoms with Crippen LogP contribution < -0.4 is 48.5 Å². The highest BCUT2D eigenvalue weighted by molar-refractivity contribution is 6.02. The fourth-order valence-corrected chi connectivity index (χ4v) is 5.56. The van der Waals surface area contributed by atoms with Crippen LogP contribution in [0.3, 0.4) is 0 Å². The van der Waals surface area contributed by atoms with Crippen LogP contribution in [-0.2, 0) is 0 Å². The number of hydrogen-bond acceptors (Lipinski definition) is 10. The summed E-state index contributed by atoms with van der Waals surface area (Å²) in [6.07, 6.45) is 6.14. The maximum Gasteiger partial charge on any atom is 0.255 e. The van der Waals surface area contributed by atoms with E-state index in [-0.39, 0.29) is 5.91 Å². The van der Waals surface area contributed by atoms with Gasteiger partial charge in [-0.15, -0.1) is 0 Å². The number of methoxy groups -OCH3 is 6. The molecule has 0 fully saturated rings. The fraction of sp³-hybridized carbons (Fsp3) is 0.308. The van der Waals surface area contributed by atoms with Gasteiger partial charge < -0.3 is 48.5 Å². The molecule has 0 aromatic heterocycles. The average Bonchev–Trinajstić information content (AvgIpc) is 3.15. The normalized spacial score (nSPS) is 13.5. The van der Waals surface area contributed by atoms with Gasteiger partial charge in [-0.25, -0.2) is 0 Å². The van der Waals surface area contributed by atoms with Gasteiger partial charge in [0.15, 0.2) is 34.5 Å². The van der Waals surface area contributed by atoms with Crippen LogP contribution in [0.2, 0.25) is 0 Å². The van der Waals surface area contributed by atoms with Crippen LogP contribution in [0.25, 0.3) is 12.2 Å². The van der Waals surface area contributed by atoms with Crippen LogP contribution in [0.1, 0.15) is 52.5 Å². The highest BCUT2D eigenvalue weighted by atomic mass is 16.5. The highest BCUT2D eigenvalue weighted by Gasteiger charge is 2.26. The molecule has 0 radical (unpaired) electrons. The van der Waals surface area contributed by atoms with E-state index in [1.165, 1.54) is 0 Å². The Morgan fingerprint density at radius 2 is 1.20 bits per heavy atom. The number of anilines is 1. The summed E-state index contributed by atoms with van der Waals surface area (Å²) in [4.78, 5) is 12.8. The minimum atomic E-state index is -0.414. The minimum absolute atomic E-state index is 0.179. The van der Waals surface area contributed by atoms with E-state index < -0.39 is 6.17 Å². The molecule has 0 aliphatic carbocycles. The maximum atomic E-state index is 12.8. The van der Waals surface area contributed by atoms with Crippen LogP contribution in [0.15, 0.2) is 66.7 Å². The molecule has 1 aliphatic rings. The first-order valence-corrected chi connectivity index (χ1v) is 16.3. The van der Waals surface area contributed by atoms with Gasteiger partial charge >= 0.3 is 0 Å². The molecule has 0 bridgehead atoms. The molecular formula is C39H44N2O9. The zero-order valence-electron chi connectivity index (χ0n) is 29.3. The Balaban J connectivity index is 1.10. The lowest BCUT2D eigenvalue weighted by atomic mass is 10.0. The van der Waals surface area contributed by atoms with Crippen molar-refractivity contribution in [3.63, 3.8) is 0 Å². The first kappa shape index (κ1) is 35.6. The van der Waals surface area contributed by atoms with Gasteiger partial charge in [-0.1, -0.05) is 24.3 Å². The number of nitrogens with one attached hydrogen (secondary N) is 2. The van der Waals surface area contributed by atoms with Crippen molar-refractivity contribution in [3.05, 3.63) is 89.0 Å². The van der Waals surface area contributed by atoms with Crippen molar-refractivity contribution in [2.45, 2.75) is 25.4 Å². The Morgan fingerprint density at radius 1 is 0.560 bits per heavy atom. The van der Waals surface area contributed by atoms with E-state index in [9.17, 15) is 4.79 Å². The molecule has 11 heteroatoms. The molecule has 1 amide bonds. The SMILES string of the molecule is COc1ccc2c(c1)C(=O)NC(c1ccc(OCCCCCOc3cc(C=Cc4cc(OC)c(OC)c(OC)c4)ccc3OC)c(OC)c1)N2. The molecule has 1 unspecified atom stereocenters. The molecule has 1 aliphatic heterocycles. The second-order valence-electron chi connectivity index (χ2n) is 11.3. The lowest BCUT2D eigenvalue weighted by Gasteiger charge is -2.28. The zero-order valence-corrected chi connectivity index (χ0v) is 29.3. The van der Waals surface area contributed by atoms with Gasteiger partial charge in [0.05, 0.1) is 61.4 Å². The largest absolute Gasteiger partial charge is 0.497 e. The van der Waals surface area contributed by atoms with E-state index in [1.807, 2.05) is 72.8 Å². The van der Waals surface area contributed by atoms with Crippen LogP contribution in [-0.4, -0.2) is 61.8 Å². The molecule has 4 aromatic carbocycles. The number of hydrogen-bond donors (Lipinski definition) is 2. The molecule has 5 rings (SSSR count). The summed E-state index contributed by atoms with van der Waals surface area (Å²) in [6, 6.07) is 20.6. The molecule has 0 saturated carbocycles. The molecule has 2 N–H and O–H groups in total. The average molecular weight is 685 g/mol. The number of benzene rings is 4. The second kappa shape index (κ2) is 17.1. The summed E-state index contributed by atoms with van der Waals surface area (Å²) in [5.74, 6) is 4.74. The predicted molar refractivity (Wildman–Crippen MR) is 193 cm³/mol. The van der Waals surface area contributed by atoms with E-state index >= 15 is 0 Å². The fourth-order valence-electron chi connectivity index (χ4n) is 5.56. The van der Waals surface area contributed by atoms with Gasteiger partial charge in [-0.3, -0.25) is 4.79 Å². The molecule has 50 heavy (non-hydrogen) atoms. The Kier molecular flexibility index (Phi) is 12.2. The van der Waals surface area contributed by atoms with E-state index in [0.717, 1.165) is 41.6 Å². The summed E-state index contributed by atoms with van der Waals surface area (Å²) in [5, 5.41) is 6.36. The molecular weight excluding hydrogens is 640 g/mol. The molecule has 1 heterocycles. The third kappa shape index (κ3) is 8.46. The second-order valence-corrected chi connectivity index (χ2v) is 11.3. The molecule has 11 nitrogen and oxygen atoms in total. The van der Waals surface area contributed by atoms with Crippen LogP contribution in [0.5, 0.6) is 46.0 Å². The van der Waals surface area contributed by atoms with Crippen molar-refractivity contribution in [3.8, 4) is 46.0 Å². The Bertz CT molecular complexity index is 1780. The van der Waals surface area contributed by atoms with E-state index in [4.69, 9.17) is 37.9 Å². The van der Waals surface area contributed by atoms with E-state index in [0.29, 0.717) is 64.8 Å². The van der Waals surface area contributed by atoms with Crippen molar-refractivity contribution in [1.29, 1.82) is 0 Å². The summed E-state index contributed by atoms with van der Waals surface area (Å²) < 4.78 is 44.9. The summed E-state index contributed by atoms with van der Waals surface area (Å²) >= 11 is 0. The number of amides is 1. The molecule has 4 aromatic rings. The molecule has 1 atom stereocenters. The number of rotatable bonds is 17. The van der Waals surface area contributed by atoms with Gasteiger partial charge in [-0.05, 0) is 90.6 Å². The van der Waals surface area contributed by atoms with E-state index in [1.54, 1.807) is 48.7 Å². The van der Waals surface area contributed by atoms with Gasteiger partial charge in [0, 0.05) is 5.69 Å². The van der Waals surface area contributed by atoms with Gasteiger partial charge in [-0.2, -0.15) is 0 Å². The molecule has 264 valence electrons.